The Morgan fingerprint density at radius 3 is 2.74 bits per heavy atom. The van der Waals surface area contributed by atoms with Crippen LogP contribution in [0, 0.1) is 5.82 Å². The molecule has 3 nitrogen and oxygen atoms in total. The van der Waals surface area contributed by atoms with Crippen LogP contribution >= 0.6 is 11.3 Å². The second-order valence-corrected chi connectivity index (χ2v) is 9.18. The Labute approximate surface area is 185 Å². The Hall–Kier alpha value is -2.79. The van der Waals surface area contributed by atoms with Gasteiger partial charge in [-0.1, -0.05) is 37.3 Å². The highest BCUT2D eigenvalue weighted by Crippen LogP contribution is 2.34. The highest BCUT2D eigenvalue weighted by Gasteiger charge is 2.18. The Bertz CT molecular complexity index is 1320. The van der Waals surface area contributed by atoms with Gasteiger partial charge in [0.2, 0.25) is 0 Å². The highest BCUT2D eigenvalue weighted by molar-refractivity contribution is 7.17. The second-order valence-electron chi connectivity index (χ2n) is 8.32. The first kappa shape index (κ1) is 20.1. The van der Waals surface area contributed by atoms with Crippen molar-refractivity contribution in [2.24, 2.45) is 0 Å². The van der Waals surface area contributed by atoms with E-state index in [-0.39, 0.29) is 11.4 Å². The van der Waals surface area contributed by atoms with E-state index in [4.69, 9.17) is 4.98 Å². The predicted molar refractivity (Wildman–Crippen MR) is 125 cm³/mol. The molecule has 31 heavy (non-hydrogen) atoms. The van der Waals surface area contributed by atoms with Crippen LogP contribution in [0.2, 0.25) is 0 Å². The smallest absolute Gasteiger partial charge is 0.263 e. The van der Waals surface area contributed by atoms with Crippen LogP contribution in [0.5, 0.6) is 0 Å². The van der Waals surface area contributed by atoms with Crippen molar-refractivity contribution in [1.82, 2.24) is 9.55 Å². The van der Waals surface area contributed by atoms with E-state index in [0.29, 0.717) is 18.4 Å². The zero-order chi connectivity index (χ0) is 21.4. The van der Waals surface area contributed by atoms with Crippen molar-refractivity contribution < 1.29 is 4.39 Å². The maximum atomic E-state index is 13.7. The molecule has 158 valence electrons. The van der Waals surface area contributed by atoms with Crippen molar-refractivity contribution in [3.8, 4) is 11.1 Å². The molecule has 1 aliphatic rings. The van der Waals surface area contributed by atoms with Gasteiger partial charge in [-0.05, 0) is 66.5 Å². The molecule has 0 amide bonds. The van der Waals surface area contributed by atoms with Crippen molar-refractivity contribution in [3.63, 3.8) is 0 Å². The number of rotatable bonds is 5. The lowest BCUT2D eigenvalue weighted by molar-refractivity contribution is 0.618. The van der Waals surface area contributed by atoms with Crippen LogP contribution in [-0.2, 0) is 25.8 Å². The lowest BCUT2D eigenvalue weighted by Crippen LogP contribution is -2.26. The standard InChI is InChI=1S/C26H25FN2OS/c1-2-6-23-28-25-24(26(30)29(23)15-17-7-5-10-21(27)13-17)22(16-31-25)20-12-11-18-8-3-4-9-19(18)14-20/h5,7,10-14,16H,2-4,6,8-9,15H2,1H3. The highest BCUT2D eigenvalue weighted by atomic mass is 32.1. The first-order chi connectivity index (χ1) is 15.1. The summed E-state index contributed by atoms with van der Waals surface area (Å²) >= 11 is 1.53. The molecule has 0 bridgehead atoms. The molecule has 2 aromatic heterocycles. The van der Waals surface area contributed by atoms with E-state index in [1.807, 2.05) is 6.07 Å². The minimum Gasteiger partial charge on any atom is -0.292 e. The Kier molecular flexibility index (Phi) is 5.45. The number of halogens is 1. The maximum Gasteiger partial charge on any atom is 0.263 e. The van der Waals surface area contributed by atoms with Gasteiger partial charge in [-0.15, -0.1) is 11.3 Å². The summed E-state index contributed by atoms with van der Waals surface area (Å²) in [6.45, 7) is 2.41. The number of hydrogen-bond donors (Lipinski definition) is 0. The van der Waals surface area contributed by atoms with Crippen LogP contribution in [0.3, 0.4) is 0 Å². The molecule has 0 saturated carbocycles. The molecule has 0 spiro atoms. The van der Waals surface area contributed by atoms with Crippen LogP contribution < -0.4 is 5.56 Å². The molecule has 5 rings (SSSR count). The van der Waals surface area contributed by atoms with Gasteiger partial charge in [0.15, 0.2) is 0 Å². The van der Waals surface area contributed by atoms with Gasteiger partial charge in [-0.25, -0.2) is 9.37 Å². The van der Waals surface area contributed by atoms with E-state index in [1.54, 1.807) is 10.6 Å². The lowest BCUT2D eigenvalue weighted by atomic mass is 9.89. The van der Waals surface area contributed by atoms with Crippen LogP contribution in [0.1, 0.15) is 48.7 Å². The van der Waals surface area contributed by atoms with Gasteiger partial charge in [0.25, 0.3) is 5.56 Å². The molecular formula is C26H25FN2OS. The average Bonchev–Trinajstić information content (AvgIpc) is 3.20. The van der Waals surface area contributed by atoms with Gasteiger partial charge < -0.3 is 0 Å². The predicted octanol–water partition coefficient (Wildman–Crippen LogP) is 6.14. The normalized spacial score (nSPS) is 13.5. The fourth-order valence-corrected chi connectivity index (χ4v) is 5.53. The molecule has 0 aliphatic heterocycles. The molecule has 4 aromatic rings. The van der Waals surface area contributed by atoms with Crippen LogP contribution in [0.4, 0.5) is 4.39 Å². The van der Waals surface area contributed by atoms with Crippen LogP contribution in [0.25, 0.3) is 21.3 Å². The molecule has 5 heteroatoms. The quantitative estimate of drug-likeness (QED) is 0.379. The molecule has 2 aromatic carbocycles. The monoisotopic (exact) mass is 432 g/mol. The number of hydrogen-bond acceptors (Lipinski definition) is 3. The van der Waals surface area contributed by atoms with Gasteiger partial charge in [-0.2, -0.15) is 0 Å². The minimum atomic E-state index is -0.290. The zero-order valence-corrected chi connectivity index (χ0v) is 18.5. The summed E-state index contributed by atoms with van der Waals surface area (Å²) < 4.78 is 15.5. The Morgan fingerprint density at radius 1 is 1.10 bits per heavy atom. The topological polar surface area (TPSA) is 34.9 Å². The number of benzene rings is 2. The lowest BCUT2D eigenvalue weighted by Gasteiger charge is -2.16. The maximum absolute atomic E-state index is 13.7. The van der Waals surface area contributed by atoms with E-state index in [9.17, 15) is 9.18 Å². The van der Waals surface area contributed by atoms with Gasteiger partial charge >= 0.3 is 0 Å². The molecule has 0 atom stereocenters. The summed E-state index contributed by atoms with van der Waals surface area (Å²) in [6.07, 6.45) is 6.33. The van der Waals surface area contributed by atoms with Gasteiger partial charge in [0.05, 0.1) is 11.9 Å². The van der Waals surface area contributed by atoms with Crippen LogP contribution in [-0.4, -0.2) is 9.55 Å². The Balaban J connectivity index is 1.66. The summed E-state index contributed by atoms with van der Waals surface area (Å²) in [4.78, 5) is 19.3. The van der Waals surface area contributed by atoms with Gasteiger partial charge in [-0.3, -0.25) is 9.36 Å². The molecule has 0 N–H and O–H groups in total. The summed E-state index contributed by atoms with van der Waals surface area (Å²) in [6, 6.07) is 13.1. The second kappa shape index (κ2) is 8.39. The van der Waals surface area contributed by atoms with Gasteiger partial charge in [0.1, 0.15) is 16.5 Å². The van der Waals surface area contributed by atoms with Crippen molar-refractivity contribution in [3.05, 3.63) is 86.5 Å². The number of thiophene rings is 1. The van der Waals surface area contributed by atoms with Crippen molar-refractivity contribution in [2.45, 2.75) is 52.0 Å². The van der Waals surface area contributed by atoms with Crippen molar-refractivity contribution in [1.29, 1.82) is 0 Å². The SMILES string of the molecule is CCCc1nc2scc(-c3ccc4c(c3)CCCC4)c2c(=O)n1Cc1cccc(F)c1. The van der Waals surface area contributed by atoms with E-state index < -0.39 is 0 Å². The summed E-state index contributed by atoms with van der Waals surface area (Å²) in [7, 11) is 0. The van der Waals surface area contributed by atoms with E-state index >= 15 is 0 Å². The molecule has 0 unspecified atom stereocenters. The number of fused-ring (bicyclic) bond motifs is 2. The first-order valence-corrected chi connectivity index (χ1v) is 11.9. The summed E-state index contributed by atoms with van der Waals surface area (Å²) in [5.74, 6) is 0.477. The molecule has 0 fully saturated rings. The van der Waals surface area contributed by atoms with E-state index in [2.05, 4.69) is 30.5 Å². The molecule has 2 heterocycles. The van der Waals surface area contributed by atoms with Crippen molar-refractivity contribution in [2.75, 3.05) is 0 Å². The molecule has 0 radical (unpaired) electrons. The summed E-state index contributed by atoms with van der Waals surface area (Å²) in [5, 5.41) is 2.74. The fourth-order valence-electron chi connectivity index (χ4n) is 4.58. The van der Waals surface area contributed by atoms with E-state index in [0.717, 1.165) is 46.6 Å². The van der Waals surface area contributed by atoms with Gasteiger partial charge in [0, 0.05) is 17.4 Å². The minimum absolute atomic E-state index is 0.0355. The average molecular weight is 433 g/mol. The zero-order valence-electron chi connectivity index (χ0n) is 17.7. The third-order valence-corrected chi connectivity index (χ3v) is 7.01. The largest absolute Gasteiger partial charge is 0.292 e. The molecule has 1 aliphatic carbocycles. The number of aryl methyl sites for hydroxylation is 3. The first-order valence-electron chi connectivity index (χ1n) is 11.0. The van der Waals surface area contributed by atoms with Crippen LogP contribution in [0.15, 0.2) is 52.6 Å². The third kappa shape index (κ3) is 3.83. The fraction of sp³-hybridized carbons (Fsp3) is 0.308. The number of nitrogens with zero attached hydrogens (tertiary/aromatic N) is 2. The molecule has 0 saturated heterocycles. The number of aromatic nitrogens is 2. The summed E-state index contributed by atoms with van der Waals surface area (Å²) in [5.41, 5.74) is 5.62. The van der Waals surface area contributed by atoms with Crippen molar-refractivity contribution >= 4 is 21.6 Å². The Morgan fingerprint density at radius 2 is 1.94 bits per heavy atom. The third-order valence-electron chi connectivity index (χ3n) is 6.14. The molecular weight excluding hydrogens is 407 g/mol. The van der Waals surface area contributed by atoms with E-state index in [1.165, 1.54) is 47.4 Å².